The number of piperidine rings is 1. The SMILES string of the molecule is O=C(Nc1cncc(Cl)c1)N1CCCC(c2n[nH]c(C3CC3)n2)C1. The summed E-state index contributed by atoms with van der Waals surface area (Å²) < 4.78 is 0. The molecule has 4 rings (SSSR count). The van der Waals surface area contributed by atoms with Crippen molar-refractivity contribution in [2.75, 3.05) is 18.4 Å². The summed E-state index contributed by atoms with van der Waals surface area (Å²) in [5, 5.41) is 10.8. The van der Waals surface area contributed by atoms with E-state index in [4.69, 9.17) is 11.6 Å². The molecule has 0 spiro atoms. The molecule has 24 heavy (non-hydrogen) atoms. The Labute approximate surface area is 144 Å². The number of rotatable bonds is 3. The van der Waals surface area contributed by atoms with Gasteiger partial charge in [-0.2, -0.15) is 5.10 Å². The lowest BCUT2D eigenvalue weighted by atomic mass is 9.97. The maximum absolute atomic E-state index is 12.5. The lowest BCUT2D eigenvalue weighted by Crippen LogP contribution is -2.41. The van der Waals surface area contributed by atoms with Gasteiger partial charge in [-0.25, -0.2) is 9.78 Å². The molecule has 0 radical (unpaired) electrons. The first-order valence-electron chi connectivity index (χ1n) is 8.28. The second kappa shape index (κ2) is 6.39. The maximum Gasteiger partial charge on any atom is 0.321 e. The molecule has 7 nitrogen and oxygen atoms in total. The smallest absolute Gasteiger partial charge is 0.321 e. The normalized spacial score (nSPS) is 20.9. The summed E-state index contributed by atoms with van der Waals surface area (Å²) in [4.78, 5) is 22.9. The average Bonchev–Trinajstić information content (AvgIpc) is 3.32. The van der Waals surface area contributed by atoms with Crippen molar-refractivity contribution >= 4 is 23.3 Å². The Morgan fingerprint density at radius 2 is 2.17 bits per heavy atom. The van der Waals surface area contributed by atoms with Gasteiger partial charge in [0.05, 0.1) is 16.9 Å². The molecule has 2 amide bonds. The molecule has 2 aromatic rings. The summed E-state index contributed by atoms with van der Waals surface area (Å²) >= 11 is 5.90. The number of aromatic nitrogens is 4. The van der Waals surface area contributed by atoms with E-state index in [-0.39, 0.29) is 11.9 Å². The van der Waals surface area contributed by atoms with E-state index < -0.39 is 0 Å². The topological polar surface area (TPSA) is 86.8 Å². The lowest BCUT2D eigenvalue weighted by molar-refractivity contribution is 0.191. The minimum atomic E-state index is -0.137. The number of H-pyrrole nitrogens is 1. The number of urea groups is 1. The van der Waals surface area contributed by atoms with Gasteiger partial charge < -0.3 is 10.2 Å². The van der Waals surface area contributed by atoms with Crippen LogP contribution in [0.4, 0.5) is 10.5 Å². The van der Waals surface area contributed by atoms with Crippen molar-refractivity contribution in [3.63, 3.8) is 0 Å². The van der Waals surface area contributed by atoms with Crippen molar-refractivity contribution in [2.45, 2.75) is 37.5 Å². The number of amides is 2. The quantitative estimate of drug-likeness (QED) is 0.893. The molecule has 1 aliphatic carbocycles. The van der Waals surface area contributed by atoms with E-state index in [2.05, 4.69) is 25.5 Å². The predicted molar refractivity (Wildman–Crippen MR) is 90.2 cm³/mol. The summed E-state index contributed by atoms with van der Waals surface area (Å²) in [6, 6.07) is 1.55. The summed E-state index contributed by atoms with van der Waals surface area (Å²) in [6.07, 6.45) is 7.46. The van der Waals surface area contributed by atoms with Crippen LogP contribution in [0.1, 0.15) is 49.2 Å². The fourth-order valence-corrected chi connectivity index (χ4v) is 3.24. The molecule has 1 aliphatic heterocycles. The molecule has 3 heterocycles. The van der Waals surface area contributed by atoms with Crippen LogP contribution < -0.4 is 5.32 Å². The summed E-state index contributed by atoms with van der Waals surface area (Å²) in [6.45, 7) is 1.36. The highest BCUT2D eigenvalue weighted by atomic mass is 35.5. The highest BCUT2D eigenvalue weighted by Gasteiger charge is 2.31. The summed E-state index contributed by atoms with van der Waals surface area (Å²) in [5.41, 5.74) is 0.600. The van der Waals surface area contributed by atoms with Gasteiger partial charge in [0.25, 0.3) is 0 Å². The first-order chi connectivity index (χ1) is 11.7. The van der Waals surface area contributed by atoms with Crippen LogP contribution in [0.2, 0.25) is 5.02 Å². The number of likely N-dealkylation sites (tertiary alicyclic amines) is 1. The van der Waals surface area contributed by atoms with Gasteiger partial charge in [-0.05, 0) is 31.7 Å². The Kier molecular flexibility index (Phi) is 4.10. The van der Waals surface area contributed by atoms with E-state index in [1.807, 2.05) is 4.90 Å². The predicted octanol–water partition coefficient (Wildman–Crippen LogP) is 3.14. The Morgan fingerprint density at radius 3 is 2.96 bits per heavy atom. The molecular formula is C16H19ClN6O. The fourth-order valence-electron chi connectivity index (χ4n) is 3.06. The number of halogens is 1. The van der Waals surface area contributed by atoms with Crippen molar-refractivity contribution in [3.05, 3.63) is 35.1 Å². The minimum Gasteiger partial charge on any atom is -0.324 e. The van der Waals surface area contributed by atoms with Gasteiger partial charge in [0.1, 0.15) is 5.82 Å². The van der Waals surface area contributed by atoms with E-state index in [0.717, 1.165) is 31.0 Å². The Bertz CT molecular complexity index is 744. The van der Waals surface area contributed by atoms with Crippen molar-refractivity contribution in [2.24, 2.45) is 0 Å². The molecule has 0 bridgehead atoms. The minimum absolute atomic E-state index is 0.137. The van der Waals surface area contributed by atoms with Crippen LogP contribution in [0.25, 0.3) is 0 Å². The molecule has 1 saturated heterocycles. The number of hydrogen-bond acceptors (Lipinski definition) is 4. The van der Waals surface area contributed by atoms with Crippen LogP contribution in [-0.2, 0) is 0 Å². The fraction of sp³-hybridized carbons (Fsp3) is 0.500. The van der Waals surface area contributed by atoms with Gasteiger partial charge >= 0.3 is 6.03 Å². The molecule has 2 N–H and O–H groups in total. The second-order valence-electron chi connectivity index (χ2n) is 6.46. The molecule has 1 saturated carbocycles. The molecule has 1 atom stereocenters. The summed E-state index contributed by atoms with van der Waals surface area (Å²) in [5.74, 6) is 2.57. The van der Waals surface area contributed by atoms with Gasteiger partial charge in [0, 0.05) is 31.1 Å². The average molecular weight is 347 g/mol. The van der Waals surface area contributed by atoms with Gasteiger partial charge in [0.15, 0.2) is 5.82 Å². The van der Waals surface area contributed by atoms with Crippen LogP contribution in [0.15, 0.2) is 18.5 Å². The van der Waals surface area contributed by atoms with Gasteiger partial charge in [-0.1, -0.05) is 11.6 Å². The van der Waals surface area contributed by atoms with E-state index in [0.29, 0.717) is 23.2 Å². The van der Waals surface area contributed by atoms with Crippen molar-refractivity contribution < 1.29 is 4.79 Å². The molecular weight excluding hydrogens is 328 g/mol. The Balaban J connectivity index is 1.40. The highest BCUT2D eigenvalue weighted by molar-refractivity contribution is 6.30. The lowest BCUT2D eigenvalue weighted by Gasteiger charge is -2.31. The largest absolute Gasteiger partial charge is 0.324 e. The van der Waals surface area contributed by atoms with Crippen molar-refractivity contribution in [1.29, 1.82) is 0 Å². The van der Waals surface area contributed by atoms with Crippen LogP contribution in [-0.4, -0.2) is 44.2 Å². The second-order valence-corrected chi connectivity index (χ2v) is 6.90. The number of pyridine rings is 1. The number of nitrogens with zero attached hydrogens (tertiary/aromatic N) is 4. The van der Waals surface area contributed by atoms with Crippen molar-refractivity contribution in [3.8, 4) is 0 Å². The number of aromatic amines is 1. The standard InChI is InChI=1S/C16H19ClN6O/c17-12-6-13(8-18-7-12)19-16(24)23-5-1-2-11(9-23)15-20-14(21-22-15)10-3-4-10/h6-8,10-11H,1-5,9H2,(H,19,24)(H,20,21,22). The molecule has 8 heteroatoms. The zero-order chi connectivity index (χ0) is 16.5. The number of carbonyl (C=O) groups is 1. The third kappa shape index (κ3) is 3.36. The maximum atomic E-state index is 12.5. The number of anilines is 1. The third-order valence-corrected chi connectivity index (χ3v) is 4.72. The van der Waals surface area contributed by atoms with E-state index >= 15 is 0 Å². The van der Waals surface area contributed by atoms with Crippen LogP contribution in [0, 0.1) is 0 Å². The Hall–Kier alpha value is -2.15. The first kappa shape index (κ1) is 15.4. The van der Waals surface area contributed by atoms with Crippen molar-refractivity contribution in [1.82, 2.24) is 25.1 Å². The monoisotopic (exact) mass is 346 g/mol. The molecule has 2 aliphatic rings. The van der Waals surface area contributed by atoms with Crippen LogP contribution in [0.5, 0.6) is 0 Å². The zero-order valence-corrected chi connectivity index (χ0v) is 14.0. The molecule has 1 unspecified atom stereocenters. The van der Waals surface area contributed by atoms with E-state index in [9.17, 15) is 4.79 Å². The van der Waals surface area contributed by atoms with Crippen LogP contribution in [0.3, 0.4) is 0 Å². The van der Waals surface area contributed by atoms with Crippen LogP contribution >= 0.6 is 11.6 Å². The van der Waals surface area contributed by atoms with Gasteiger partial charge in [-0.3, -0.25) is 10.1 Å². The van der Waals surface area contributed by atoms with Gasteiger partial charge in [0.2, 0.25) is 0 Å². The number of hydrogen-bond donors (Lipinski definition) is 2. The number of carbonyl (C=O) groups excluding carboxylic acids is 1. The zero-order valence-electron chi connectivity index (χ0n) is 13.2. The molecule has 0 aromatic carbocycles. The van der Waals surface area contributed by atoms with Gasteiger partial charge in [-0.15, -0.1) is 0 Å². The molecule has 2 aromatic heterocycles. The summed E-state index contributed by atoms with van der Waals surface area (Å²) in [7, 11) is 0. The third-order valence-electron chi connectivity index (χ3n) is 4.51. The number of nitrogens with one attached hydrogen (secondary N) is 2. The Morgan fingerprint density at radius 1 is 1.29 bits per heavy atom. The first-order valence-corrected chi connectivity index (χ1v) is 8.65. The molecule has 2 fully saturated rings. The van der Waals surface area contributed by atoms with E-state index in [1.54, 1.807) is 12.3 Å². The molecule has 126 valence electrons. The highest BCUT2D eigenvalue weighted by Crippen LogP contribution is 2.38. The van der Waals surface area contributed by atoms with E-state index in [1.165, 1.54) is 19.0 Å².